The van der Waals surface area contributed by atoms with Crippen molar-refractivity contribution in [2.75, 3.05) is 0 Å². The summed E-state index contributed by atoms with van der Waals surface area (Å²) in [6, 6.07) is 21.3. The van der Waals surface area contributed by atoms with Gasteiger partial charge in [0.05, 0.1) is 33.4 Å². The molecule has 0 radical (unpaired) electrons. The SMILES string of the molecule is N#CC(C#N)=C1C(c2cc(C#N)c(C#N)cc2F)=C(C#N)c2c1cc1c(c2C#N)C(=C(C#N)C#N)C(c2cc(F)ncc2C#N)=C1C#N. The summed E-state index contributed by atoms with van der Waals surface area (Å²) in [4.78, 5) is 3.44. The predicted octanol–water partition coefficient (Wildman–Crippen LogP) is 5.34. The van der Waals surface area contributed by atoms with Crippen molar-refractivity contribution in [3.8, 4) is 60.7 Å². The van der Waals surface area contributed by atoms with Gasteiger partial charge in [-0.1, -0.05) is 0 Å². The zero-order chi connectivity index (χ0) is 34.9. The van der Waals surface area contributed by atoms with E-state index < -0.39 is 39.6 Å². The zero-order valence-corrected chi connectivity index (χ0v) is 23.6. The van der Waals surface area contributed by atoms with Crippen molar-refractivity contribution >= 4 is 33.4 Å². The molecule has 2 aromatic carbocycles. The van der Waals surface area contributed by atoms with E-state index in [0.29, 0.717) is 0 Å². The number of aromatic nitrogens is 1. The Morgan fingerprint density at radius 1 is 0.500 bits per heavy atom. The fourth-order valence-electron chi connectivity index (χ4n) is 5.70. The fourth-order valence-corrected chi connectivity index (χ4v) is 5.70. The molecule has 2 aliphatic rings. The minimum atomic E-state index is -1.11. The molecule has 1 aromatic heterocycles. The van der Waals surface area contributed by atoms with Crippen molar-refractivity contribution in [1.29, 1.82) is 52.6 Å². The molecule has 0 amide bonds. The zero-order valence-electron chi connectivity index (χ0n) is 23.6. The molecular weight excluding hydrogens is 612 g/mol. The summed E-state index contributed by atoms with van der Waals surface area (Å²) < 4.78 is 30.1. The molecule has 1 heterocycles. The van der Waals surface area contributed by atoms with E-state index >= 15 is 4.39 Å². The molecular formula is C35H5F2N11. The van der Waals surface area contributed by atoms with Crippen LogP contribution in [0, 0.1) is 125 Å². The van der Waals surface area contributed by atoms with Crippen molar-refractivity contribution in [2.24, 2.45) is 0 Å². The Labute approximate surface area is 269 Å². The summed E-state index contributed by atoms with van der Waals surface area (Å²) in [6.45, 7) is 0. The molecule has 0 atom stereocenters. The molecule has 0 N–H and O–H groups in total. The number of pyridine rings is 1. The second-order valence-corrected chi connectivity index (χ2v) is 9.64. The molecule has 0 fully saturated rings. The van der Waals surface area contributed by atoms with Crippen LogP contribution in [0.15, 0.2) is 41.6 Å². The first-order valence-corrected chi connectivity index (χ1v) is 12.9. The van der Waals surface area contributed by atoms with Crippen molar-refractivity contribution in [1.82, 2.24) is 4.98 Å². The van der Waals surface area contributed by atoms with Gasteiger partial charge in [-0.2, -0.15) is 57.0 Å². The van der Waals surface area contributed by atoms with Crippen molar-refractivity contribution in [3.05, 3.63) is 109 Å². The van der Waals surface area contributed by atoms with Crippen LogP contribution in [0.3, 0.4) is 0 Å². The Hall–Kier alpha value is -8.69. The number of nitriles is 10. The maximum Gasteiger partial charge on any atom is 0.213 e. The number of allylic oxidation sites excluding steroid dienone is 8. The van der Waals surface area contributed by atoms with Gasteiger partial charge in [0.15, 0.2) is 0 Å². The molecule has 11 nitrogen and oxygen atoms in total. The van der Waals surface area contributed by atoms with Crippen LogP contribution >= 0.6 is 0 Å². The van der Waals surface area contributed by atoms with E-state index in [9.17, 15) is 57.0 Å². The molecule has 13 heteroatoms. The van der Waals surface area contributed by atoms with E-state index in [1.165, 1.54) is 6.07 Å². The Kier molecular flexibility index (Phi) is 7.54. The van der Waals surface area contributed by atoms with E-state index in [2.05, 4.69) is 4.98 Å². The first-order valence-electron chi connectivity index (χ1n) is 12.9. The van der Waals surface area contributed by atoms with Gasteiger partial charge in [0, 0.05) is 62.4 Å². The normalized spacial score (nSPS) is 11.9. The Morgan fingerprint density at radius 2 is 1.06 bits per heavy atom. The predicted molar refractivity (Wildman–Crippen MR) is 157 cm³/mol. The van der Waals surface area contributed by atoms with Crippen LogP contribution in [-0.4, -0.2) is 4.98 Å². The molecule has 214 valence electrons. The summed E-state index contributed by atoms with van der Waals surface area (Å²) in [6.07, 6.45) is 0.869. The van der Waals surface area contributed by atoms with Gasteiger partial charge >= 0.3 is 0 Å². The minimum absolute atomic E-state index is 0.147. The third-order valence-electron chi connectivity index (χ3n) is 7.53. The Bertz CT molecular complexity index is 2660. The molecule has 3 aromatic rings. The molecule has 0 aliphatic heterocycles. The summed E-state index contributed by atoms with van der Waals surface area (Å²) in [5.74, 6) is -2.19. The van der Waals surface area contributed by atoms with E-state index in [1.54, 1.807) is 42.5 Å². The van der Waals surface area contributed by atoms with Crippen LogP contribution in [0.2, 0.25) is 0 Å². The molecule has 5 rings (SSSR count). The molecule has 0 spiro atoms. The number of hydrogen-bond donors (Lipinski definition) is 0. The average Bonchev–Trinajstić information content (AvgIpc) is 3.60. The third-order valence-corrected chi connectivity index (χ3v) is 7.53. The Morgan fingerprint density at radius 3 is 1.60 bits per heavy atom. The van der Waals surface area contributed by atoms with Gasteiger partial charge in [-0.3, -0.25) is 0 Å². The number of hydrogen-bond acceptors (Lipinski definition) is 11. The summed E-state index contributed by atoms with van der Waals surface area (Å²) >= 11 is 0. The van der Waals surface area contributed by atoms with E-state index in [-0.39, 0.29) is 72.4 Å². The average molecular weight is 617 g/mol. The molecule has 0 unspecified atom stereocenters. The highest BCUT2D eigenvalue weighted by atomic mass is 19.1. The lowest BCUT2D eigenvalue weighted by Gasteiger charge is -2.14. The monoisotopic (exact) mass is 617 g/mol. The van der Waals surface area contributed by atoms with Gasteiger partial charge in [-0.05, 0) is 23.8 Å². The van der Waals surface area contributed by atoms with Crippen molar-refractivity contribution in [2.45, 2.75) is 0 Å². The highest BCUT2D eigenvalue weighted by molar-refractivity contribution is 6.31. The first kappa shape index (κ1) is 30.8. The summed E-state index contributed by atoms with van der Waals surface area (Å²) in [5.41, 5.74) is -6.30. The lowest BCUT2D eigenvalue weighted by Crippen LogP contribution is -2.01. The lowest BCUT2D eigenvalue weighted by molar-refractivity contribution is 0.583. The van der Waals surface area contributed by atoms with Gasteiger partial charge in [-0.15, -0.1) is 0 Å². The van der Waals surface area contributed by atoms with Crippen molar-refractivity contribution < 1.29 is 8.78 Å². The molecule has 0 bridgehead atoms. The summed E-state index contributed by atoms with van der Waals surface area (Å²) in [7, 11) is 0. The first-order chi connectivity index (χ1) is 23.2. The van der Waals surface area contributed by atoms with Crippen LogP contribution in [0.25, 0.3) is 33.4 Å². The maximum atomic E-state index is 15.7. The maximum absolute atomic E-state index is 15.7. The highest BCUT2D eigenvalue weighted by Gasteiger charge is 2.41. The Balaban J connectivity index is 2.06. The molecule has 48 heavy (non-hydrogen) atoms. The molecule has 2 aliphatic carbocycles. The number of halogens is 2. The minimum Gasteiger partial charge on any atom is -0.227 e. The topological polar surface area (TPSA) is 251 Å². The second-order valence-electron chi connectivity index (χ2n) is 9.64. The van der Waals surface area contributed by atoms with Crippen LogP contribution < -0.4 is 0 Å². The van der Waals surface area contributed by atoms with E-state index in [0.717, 1.165) is 24.4 Å². The number of fused-ring (bicyclic) bond motifs is 2. The van der Waals surface area contributed by atoms with Gasteiger partial charge in [0.1, 0.15) is 77.7 Å². The number of nitrogens with zero attached hydrogens (tertiary/aromatic N) is 11. The van der Waals surface area contributed by atoms with Gasteiger partial charge in [0.2, 0.25) is 5.95 Å². The second kappa shape index (κ2) is 11.8. The number of rotatable bonds is 2. The largest absolute Gasteiger partial charge is 0.227 e. The molecule has 0 saturated heterocycles. The van der Waals surface area contributed by atoms with Crippen LogP contribution in [0.4, 0.5) is 8.78 Å². The van der Waals surface area contributed by atoms with Gasteiger partial charge < -0.3 is 0 Å². The molecule has 0 saturated carbocycles. The fraction of sp³-hybridized carbons (Fsp3) is 0. The van der Waals surface area contributed by atoms with Crippen LogP contribution in [0.1, 0.15) is 55.6 Å². The van der Waals surface area contributed by atoms with Crippen LogP contribution in [-0.2, 0) is 0 Å². The van der Waals surface area contributed by atoms with Gasteiger partial charge in [0.25, 0.3) is 0 Å². The van der Waals surface area contributed by atoms with Crippen molar-refractivity contribution in [3.63, 3.8) is 0 Å². The van der Waals surface area contributed by atoms with Gasteiger partial charge in [-0.25, -0.2) is 9.37 Å². The van der Waals surface area contributed by atoms with E-state index in [1.807, 2.05) is 18.2 Å². The smallest absolute Gasteiger partial charge is 0.213 e. The highest BCUT2D eigenvalue weighted by Crippen LogP contribution is 2.56. The summed E-state index contributed by atoms with van der Waals surface area (Å²) in [5, 5.41) is 100. The van der Waals surface area contributed by atoms with Crippen LogP contribution in [0.5, 0.6) is 0 Å². The number of benzene rings is 2. The van der Waals surface area contributed by atoms with E-state index in [4.69, 9.17) is 0 Å². The quantitative estimate of drug-likeness (QED) is 0.262. The lowest BCUT2D eigenvalue weighted by atomic mass is 9.85. The standard InChI is InChI=1S/C35H5F2N11/c36-28-2-17(6-39)16(5-38)1-23(28)35-27(14-47)32-24(30(35)18(7-40)8-41)3-22-25(12-45)33(21-4-29(37)48-15-20(21)11-44)31(19(9-42)10-43)34(22)26(32)13-46/h1-4,15H. The third kappa shape index (κ3) is 4.19.